The van der Waals surface area contributed by atoms with Crippen molar-refractivity contribution in [1.82, 2.24) is 0 Å². The Morgan fingerprint density at radius 2 is 2.08 bits per heavy atom. The van der Waals surface area contributed by atoms with E-state index in [2.05, 4.69) is 5.32 Å². The molecule has 0 spiro atoms. The zero-order valence-electron chi connectivity index (χ0n) is 12.7. The second kappa shape index (κ2) is 6.32. The molecule has 0 saturated heterocycles. The minimum absolute atomic E-state index is 0.0696. The number of halogens is 1. The number of hydrogen-bond donors (Lipinski definition) is 3. The fourth-order valence-corrected chi connectivity index (χ4v) is 3.76. The number of rotatable bonds is 5. The summed E-state index contributed by atoms with van der Waals surface area (Å²) in [5.41, 5.74) is 6.32. The highest BCUT2D eigenvalue weighted by Crippen LogP contribution is 2.60. The number of anilines is 2. The average molecular weight is 353 g/mol. The number of carboxylic acids is 1. The number of carbonyl (C=O) groups is 3. The largest absolute Gasteiger partial charge is 0.481 e. The molecule has 4 atom stereocenters. The smallest absolute Gasteiger partial charge is 0.309 e. The van der Waals surface area contributed by atoms with E-state index in [9.17, 15) is 14.4 Å². The van der Waals surface area contributed by atoms with Crippen LogP contribution in [0.4, 0.5) is 11.4 Å². The third kappa shape index (κ3) is 3.03. The van der Waals surface area contributed by atoms with Crippen molar-refractivity contribution in [3.63, 3.8) is 0 Å². The first-order valence-electron chi connectivity index (χ1n) is 7.63. The zero-order chi connectivity index (χ0) is 17.4. The van der Waals surface area contributed by atoms with E-state index >= 15 is 0 Å². The van der Waals surface area contributed by atoms with E-state index in [4.69, 9.17) is 27.2 Å². The molecule has 128 valence electrons. The topological polar surface area (TPSA) is 119 Å². The zero-order valence-corrected chi connectivity index (χ0v) is 13.5. The van der Waals surface area contributed by atoms with Gasteiger partial charge in [0, 0.05) is 0 Å². The molecule has 8 heteroatoms. The number of ether oxygens (including phenoxy) is 1. The van der Waals surface area contributed by atoms with Crippen molar-refractivity contribution in [3.05, 3.63) is 23.2 Å². The Morgan fingerprint density at radius 3 is 2.75 bits per heavy atom. The Balaban J connectivity index is 1.51. The molecular formula is C16H17ClN2O5. The number of para-hydroxylation sites is 1. The van der Waals surface area contributed by atoms with Gasteiger partial charge in [0.15, 0.2) is 6.61 Å². The molecule has 0 heterocycles. The number of hydrogen-bond acceptors (Lipinski definition) is 5. The van der Waals surface area contributed by atoms with Crippen molar-refractivity contribution >= 4 is 40.8 Å². The van der Waals surface area contributed by atoms with Crippen LogP contribution in [-0.4, -0.2) is 29.6 Å². The first kappa shape index (κ1) is 16.6. The molecule has 2 aliphatic rings. The fourth-order valence-electron chi connectivity index (χ4n) is 3.58. The number of fused-ring (bicyclic) bond motifs is 1. The number of amides is 1. The first-order chi connectivity index (χ1) is 11.4. The summed E-state index contributed by atoms with van der Waals surface area (Å²) in [6.07, 6.45) is 1.33. The van der Waals surface area contributed by atoms with Gasteiger partial charge >= 0.3 is 11.9 Å². The van der Waals surface area contributed by atoms with Crippen LogP contribution < -0.4 is 11.1 Å². The Kier molecular flexibility index (Phi) is 4.36. The normalized spacial score (nSPS) is 27.2. The molecule has 2 saturated carbocycles. The van der Waals surface area contributed by atoms with Gasteiger partial charge in [-0.2, -0.15) is 0 Å². The van der Waals surface area contributed by atoms with E-state index in [-0.39, 0.29) is 17.5 Å². The molecule has 1 amide bonds. The number of carbonyl (C=O) groups excluding carboxylic acids is 2. The van der Waals surface area contributed by atoms with Gasteiger partial charge in [0.25, 0.3) is 5.91 Å². The predicted octanol–water partition coefficient (Wildman–Crippen LogP) is 1.76. The standard InChI is InChI=1S/C16H17ClN2O5/c17-9-2-1-3-10(14(9)18)19-11(20)6-24-16(23)8-5-4-7-12(8)13(7)15(21)22/h1-3,7-8,12-13H,4-6,18H2,(H,19,20)(H,21,22). The van der Waals surface area contributed by atoms with Crippen molar-refractivity contribution < 1.29 is 24.2 Å². The summed E-state index contributed by atoms with van der Waals surface area (Å²) in [7, 11) is 0. The van der Waals surface area contributed by atoms with Gasteiger partial charge in [0.05, 0.1) is 28.2 Å². The third-order valence-corrected chi connectivity index (χ3v) is 5.10. The highest BCUT2D eigenvalue weighted by Gasteiger charge is 2.63. The number of nitrogen functional groups attached to an aromatic ring is 1. The molecule has 0 aromatic heterocycles. The number of carboxylic acid groups (broad SMARTS) is 1. The summed E-state index contributed by atoms with van der Waals surface area (Å²) in [4.78, 5) is 35.0. The number of aliphatic carboxylic acids is 1. The molecule has 0 aliphatic heterocycles. The summed E-state index contributed by atoms with van der Waals surface area (Å²) in [6, 6.07) is 4.82. The van der Waals surface area contributed by atoms with E-state index in [1.807, 2.05) is 0 Å². The maximum absolute atomic E-state index is 12.1. The van der Waals surface area contributed by atoms with Gasteiger partial charge in [-0.1, -0.05) is 17.7 Å². The lowest BCUT2D eigenvalue weighted by atomic mass is 10.0. The minimum atomic E-state index is -0.864. The monoisotopic (exact) mass is 352 g/mol. The molecule has 4 N–H and O–H groups in total. The molecular weight excluding hydrogens is 336 g/mol. The first-order valence-corrected chi connectivity index (χ1v) is 8.01. The Hall–Kier alpha value is -2.28. The number of esters is 1. The average Bonchev–Trinajstić information content (AvgIpc) is 3.10. The quantitative estimate of drug-likeness (QED) is 0.549. The molecule has 1 aromatic carbocycles. The number of nitrogens with two attached hydrogens (primary N) is 1. The molecule has 3 rings (SSSR count). The van der Waals surface area contributed by atoms with Crippen LogP contribution in [0.1, 0.15) is 12.8 Å². The van der Waals surface area contributed by atoms with Crippen molar-refractivity contribution in [1.29, 1.82) is 0 Å². The SMILES string of the molecule is Nc1c(Cl)cccc1NC(=O)COC(=O)C1CCC2C(C(=O)O)C12. The Morgan fingerprint density at radius 1 is 1.33 bits per heavy atom. The predicted molar refractivity (Wildman–Crippen MR) is 86.3 cm³/mol. The highest BCUT2D eigenvalue weighted by molar-refractivity contribution is 6.33. The fraction of sp³-hybridized carbons (Fsp3) is 0.438. The molecule has 0 radical (unpaired) electrons. The number of benzene rings is 1. The van der Waals surface area contributed by atoms with Crippen molar-refractivity contribution in [3.8, 4) is 0 Å². The maximum atomic E-state index is 12.1. The van der Waals surface area contributed by atoms with Gasteiger partial charge in [-0.3, -0.25) is 14.4 Å². The maximum Gasteiger partial charge on any atom is 0.309 e. The van der Waals surface area contributed by atoms with Crippen LogP contribution in [-0.2, 0) is 19.1 Å². The second-order valence-electron chi connectivity index (χ2n) is 6.15. The van der Waals surface area contributed by atoms with Crippen LogP contribution in [0.3, 0.4) is 0 Å². The van der Waals surface area contributed by atoms with Crippen LogP contribution in [0.5, 0.6) is 0 Å². The molecule has 2 fully saturated rings. The molecule has 2 aliphatic carbocycles. The van der Waals surface area contributed by atoms with Crippen LogP contribution in [0.25, 0.3) is 0 Å². The van der Waals surface area contributed by atoms with Crippen LogP contribution in [0.2, 0.25) is 5.02 Å². The lowest BCUT2D eigenvalue weighted by Crippen LogP contribution is -2.26. The van der Waals surface area contributed by atoms with Crippen LogP contribution in [0.15, 0.2) is 18.2 Å². The molecule has 7 nitrogen and oxygen atoms in total. The van der Waals surface area contributed by atoms with E-state index in [0.717, 1.165) is 0 Å². The Labute approximate surface area is 143 Å². The van der Waals surface area contributed by atoms with Crippen LogP contribution in [0, 0.1) is 23.7 Å². The van der Waals surface area contributed by atoms with Gasteiger partial charge < -0.3 is 20.9 Å². The molecule has 1 aromatic rings. The number of nitrogens with one attached hydrogen (secondary N) is 1. The second-order valence-corrected chi connectivity index (χ2v) is 6.55. The van der Waals surface area contributed by atoms with Crippen molar-refractivity contribution in [2.75, 3.05) is 17.7 Å². The van der Waals surface area contributed by atoms with Crippen molar-refractivity contribution in [2.45, 2.75) is 12.8 Å². The van der Waals surface area contributed by atoms with E-state index in [0.29, 0.717) is 23.6 Å². The highest BCUT2D eigenvalue weighted by atomic mass is 35.5. The minimum Gasteiger partial charge on any atom is -0.481 e. The summed E-state index contributed by atoms with van der Waals surface area (Å²) < 4.78 is 5.04. The molecule has 0 bridgehead atoms. The van der Waals surface area contributed by atoms with E-state index < -0.39 is 36.3 Å². The van der Waals surface area contributed by atoms with Gasteiger partial charge in [-0.25, -0.2) is 0 Å². The van der Waals surface area contributed by atoms with Crippen molar-refractivity contribution in [2.24, 2.45) is 23.7 Å². The third-order valence-electron chi connectivity index (χ3n) is 4.77. The van der Waals surface area contributed by atoms with Crippen LogP contribution >= 0.6 is 11.6 Å². The Bertz CT molecular complexity index is 708. The molecule has 24 heavy (non-hydrogen) atoms. The van der Waals surface area contributed by atoms with Gasteiger partial charge in [-0.15, -0.1) is 0 Å². The lowest BCUT2D eigenvalue weighted by molar-refractivity contribution is -0.152. The van der Waals surface area contributed by atoms with Gasteiger partial charge in [0.2, 0.25) is 0 Å². The molecule has 4 unspecified atom stereocenters. The lowest BCUT2D eigenvalue weighted by Gasteiger charge is -2.13. The van der Waals surface area contributed by atoms with E-state index in [1.54, 1.807) is 18.2 Å². The summed E-state index contributed by atoms with van der Waals surface area (Å²) >= 11 is 5.86. The van der Waals surface area contributed by atoms with Gasteiger partial charge in [-0.05, 0) is 36.8 Å². The summed E-state index contributed by atoms with van der Waals surface area (Å²) in [6.45, 7) is -0.448. The summed E-state index contributed by atoms with van der Waals surface area (Å²) in [5.74, 6) is -2.87. The van der Waals surface area contributed by atoms with E-state index in [1.165, 1.54) is 0 Å². The van der Waals surface area contributed by atoms with Gasteiger partial charge in [0.1, 0.15) is 0 Å². The summed E-state index contributed by atoms with van der Waals surface area (Å²) in [5, 5.41) is 11.9.